The van der Waals surface area contributed by atoms with Crippen molar-refractivity contribution < 1.29 is 33.3 Å². The molecule has 1 aliphatic heterocycles. The number of carbonyl (C=O) groups excluding carboxylic acids is 1. The SMILES string of the molecule is C[C@H](CCC(=O)N1CCc2cc(C(F)(F)F)ccc21)[C@H]1CC[C@H]2[C@@H]3[C@H](O)C[C@@H]4C[C@H](O)CC[C@]4(C)[C@H]3C[C@H](O)[C@]12C. The van der Waals surface area contributed by atoms with Crippen molar-refractivity contribution in [1.82, 2.24) is 0 Å². The Labute approximate surface area is 241 Å². The minimum atomic E-state index is -4.40. The molecule has 0 aromatic heterocycles. The quantitative estimate of drug-likeness (QED) is 0.412. The van der Waals surface area contributed by atoms with Gasteiger partial charge in [-0.2, -0.15) is 13.2 Å². The van der Waals surface area contributed by atoms with Crippen LogP contribution in [-0.4, -0.2) is 46.1 Å². The van der Waals surface area contributed by atoms with E-state index in [4.69, 9.17) is 0 Å². The zero-order valence-corrected chi connectivity index (χ0v) is 24.5. The lowest BCUT2D eigenvalue weighted by molar-refractivity contribution is -0.207. The van der Waals surface area contributed by atoms with Gasteiger partial charge in [-0.15, -0.1) is 0 Å². The van der Waals surface area contributed by atoms with Crippen LogP contribution in [0.4, 0.5) is 18.9 Å². The molecule has 0 spiro atoms. The van der Waals surface area contributed by atoms with E-state index in [1.807, 2.05) is 0 Å². The van der Waals surface area contributed by atoms with E-state index in [-0.39, 0.29) is 58.3 Å². The summed E-state index contributed by atoms with van der Waals surface area (Å²) in [5.74, 6) is 1.30. The number of aliphatic hydroxyl groups is 3. The van der Waals surface area contributed by atoms with Crippen molar-refractivity contribution in [2.75, 3.05) is 11.4 Å². The molecule has 0 saturated heterocycles. The van der Waals surface area contributed by atoms with Crippen LogP contribution in [0.3, 0.4) is 0 Å². The number of halogens is 3. The molecule has 41 heavy (non-hydrogen) atoms. The summed E-state index contributed by atoms with van der Waals surface area (Å²) in [5.41, 5.74) is 0.197. The molecule has 3 N–H and O–H groups in total. The Hall–Kier alpha value is -1.64. The summed E-state index contributed by atoms with van der Waals surface area (Å²) in [4.78, 5) is 14.9. The second-order valence-corrected chi connectivity index (χ2v) is 14.7. The van der Waals surface area contributed by atoms with Crippen LogP contribution < -0.4 is 4.90 Å². The lowest BCUT2D eigenvalue weighted by atomic mass is 9.43. The summed E-state index contributed by atoms with van der Waals surface area (Å²) >= 11 is 0. The number of rotatable bonds is 4. The largest absolute Gasteiger partial charge is 0.416 e. The minimum Gasteiger partial charge on any atom is -0.393 e. The molecular formula is C33H46F3NO4. The van der Waals surface area contributed by atoms with E-state index in [1.54, 1.807) is 4.90 Å². The van der Waals surface area contributed by atoms with Crippen molar-refractivity contribution in [2.45, 2.75) is 109 Å². The zero-order chi connectivity index (χ0) is 29.5. The molecule has 228 valence electrons. The average molecular weight is 578 g/mol. The number of amides is 1. The lowest BCUT2D eigenvalue weighted by Crippen LogP contribution is -2.62. The fourth-order valence-corrected chi connectivity index (χ4v) is 10.7. The van der Waals surface area contributed by atoms with E-state index in [2.05, 4.69) is 20.8 Å². The number of hydrogen-bond donors (Lipinski definition) is 3. The number of anilines is 1. The van der Waals surface area contributed by atoms with Gasteiger partial charge >= 0.3 is 6.18 Å². The molecule has 1 heterocycles. The topological polar surface area (TPSA) is 81.0 Å². The molecule has 5 aliphatic rings. The van der Waals surface area contributed by atoms with Crippen molar-refractivity contribution in [2.24, 2.45) is 46.3 Å². The second-order valence-electron chi connectivity index (χ2n) is 14.7. The summed E-state index contributed by atoms with van der Waals surface area (Å²) < 4.78 is 39.4. The van der Waals surface area contributed by atoms with Crippen LogP contribution in [0, 0.1) is 46.3 Å². The molecule has 0 bridgehead atoms. The molecule has 4 aliphatic carbocycles. The fourth-order valence-electron chi connectivity index (χ4n) is 10.7. The first-order chi connectivity index (χ1) is 19.2. The van der Waals surface area contributed by atoms with Gasteiger partial charge in [0.05, 0.1) is 23.9 Å². The second kappa shape index (κ2) is 10.2. The predicted octanol–water partition coefficient (Wildman–Crippen LogP) is 5.97. The molecule has 5 nitrogen and oxygen atoms in total. The zero-order valence-electron chi connectivity index (χ0n) is 24.5. The third-order valence-corrected chi connectivity index (χ3v) is 12.9. The monoisotopic (exact) mass is 577 g/mol. The van der Waals surface area contributed by atoms with Gasteiger partial charge in [0.2, 0.25) is 5.91 Å². The van der Waals surface area contributed by atoms with Crippen LogP contribution >= 0.6 is 0 Å². The molecule has 0 unspecified atom stereocenters. The van der Waals surface area contributed by atoms with Gasteiger partial charge in [-0.25, -0.2) is 0 Å². The Balaban J connectivity index is 1.14. The summed E-state index contributed by atoms with van der Waals surface area (Å²) in [7, 11) is 0. The van der Waals surface area contributed by atoms with Crippen LogP contribution in [0.25, 0.3) is 0 Å². The Bertz CT molecular complexity index is 1170. The molecule has 8 heteroatoms. The Morgan fingerprint density at radius 1 is 1.07 bits per heavy atom. The van der Waals surface area contributed by atoms with Gasteiger partial charge in [0.15, 0.2) is 0 Å². The predicted molar refractivity (Wildman–Crippen MR) is 150 cm³/mol. The Kier molecular flexibility index (Phi) is 7.34. The van der Waals surface area contributed by atoms with E-state index < -0.39 is 23.9 Å². The van der Waals surface area contributed by atoms with Crippen LogP contribution in [0.1, 0.15) is 89.7 Å². The third kappa shape index (κ3) is 4.66. The highest BCUT2D eigenvalue weighted by Gasteiger charge is 2.65. The number of alkyl halides is 3. The number of carbonyl (C=O) groups is 1. The molecule has 0 radical (unpaired) electrons. The highest BCUT2D eigenvalue weighted by molar-refractivity contribution is 5.95. The number of aliphatic hydroxyl groups excluding tert-OH is 3. The van der Waals surface area contributed by atoms with Crippen LogP contribution in [0.5, 0.6) is 0 Å². The molecule has 11 atom stereocenters. The van der Waals surface area contributed by atoms with Crippen LogP contribution in [0.2, 0.25) is 0 Å². The standard InChI is InChI=1S/C33H46F3NO4/c1-18(4-9-29(41)37-13-11-19-14-20(33(34,35)36)5-8-26(19)37)23-6-7-24-30-25(17-28(40)32(23,24)3)31(2)12-10-22(38)15-21(31)16-27(30)39/h5,8,14,18,21-25,27-28,30,38-40H,4,6-7,9-13,15-17H2,1-3H3/t18-,21+,22-,23-,24+,25+,27-,28+,30+,31+,32-/m1/s1. The Morgan fingerprint density at radius 3 is 2.56 bits per heavy atom. The minimum absolute atomic E-state index is 0.0362. The first-order valence-corrected chi connectivity index (χ1v) is 15.8. The maximum absolute atomic E-state index is 13.3. The van der Waals surface area contributed by atoms with Gasteiger partial charge in [0, 0.05) is 18.7 Å². The van der Waals surface area contributed by atoms with Crippen LogP contribution in [0.15, 0.2) is 18.2 Å². The molecule has 4 fully saturated rings. The lowest BCUT2D eigenvalue weighted by Gasteiger charge is -2.63. The number of fused-ring (bicyclic) bond motifs is 6. The number of nitrogens with zero attached hydrogens (tertiary/aromatic N) is 1. The van der Waals surface area contributed by atoms with E-state index in [0.29, 0.717) is 43.5 Å². The molecule has 1 aromatic carbocycles. The first kappa shape index (κ1) is 29.4. The van der Waals surface area contributed by atoms with Crippen LogP contribution in [-0.2, 0) is 17.4 Å². The summed E-state index contributed by atoms with van der Waals surface area (Å²) in [6.45, 7) is 7.14. The van der Waals surface area contributed by atoms with Gasteiger partial charge in [0.1, 0.15) is 0 Å². The highest BCUT2D eigenvalue weighted by atomic mass is 19.4. The fraction of sp³-hybridized carbons (Fsp3) is 0.788. The van der Waals surface area contributed by atoms with Crippen molar-refractivity contribution in [3.8, 4) is 0 Å². The third-order valence-electron chi connectivity index (χ3n) is 12.9. The van der Waals surface area contributed by atoms with Crippen molar-refractivity contribution in [3.63, 3.8) is 0 Å². The molecule has 1 aromatic rings. The number of benzene rings is 1. The van der Waals surface area contributed by atoms with E-state index in [9.17, 15) is 33.3 Å². The molecule has 6 rings (SSSR count). The summed E-state index contributed by atoms with van der Waals surface area (Å²) in [5, 5.41) is 33.6. The maximum Gasteiger partial charge on any atom is 0.416 e. The summed E-state index contributed by atoms with van der Waals surface area (Å²) in [6, 6.07) is 3.65. The van der Waals surface area contributed by atoms with E-state index in [1.165, 1.54) is 12.1 Å². The van der Waals surface area contributed by atoms with Crippen molar-refractivity contribution in [1.29, 1.82) is 0 Å². The van der Waals surface area contributed by atoms with Gasteiger partial charge in [0.25, 0.3) is 0 Å². The molecule has 4 saturated carbocycles. The number of hydrogen-bond acceptors (Lipinski definition) is 4. The smallest absolute Gasteiger partial charge is 0.393 e. The van der Waals surface area contributed by atoms with E-state index in [0.717, 1.165) is 44.6 Å². The van der Waals surface area contributed by atoms with Gasteiger partial charge in [-0.05, 0) is 128 Å². The summed E-state index contributed by atoms with van der Waals surface area (Å²) in [6.07, 6.45) is 1.69. The average Bonchev–Trinajstić information content (AvgIpc) is 3.50. The molecule has 1 amide bonds. The normalized spacial score (nSPS) is 42.7. The van der Waals surface area contributed by atoms with Gasteiger partial charge < -0.3 is 20.2 Å². The van der Waals surface area contributed by atoms with Crippen molar-refractivity contribution in [3.05, 3.63) is 29.3 Å². The molecular weight excluding hydrogens is 531 g/mol. The first-order valence-electron chi connectivity index (χ1n) is 15.8. The van der Waals surface area contributed by atoms with E-state index >= 15 is 0 Å². The highest BCUT2D eigenvalue weighted by Crippen LogP contribution is 2.68. The van der Waals surface area contributed by atoms with Gasteiger partial charge in [-0.3, -0.25) is 4.79 Å². The Morgan fingerprint density at radius 2 is 1.83 bits per heavy atom. The maximum atomic E-state index is 13.3. The van der Waals surface area contributed by atoms with Gasteiger partial charge in [-0.1, -0.05) is 20.8 Å². The van der Waals surface area contributed by atoms with Crippen molar-refractivity contribution >= 4 is 11.6 Å².